The molecule has 0 N–H and O–H groups in total. The molecule has 0 radical (unpaired) electrons. The van der Waals surface area contributed by atoms with Crippen molar-refractivity contribution in [1.29, 1.82) is 0 Å². The third-order valence-electron chi connectivity index (χ3n) is 5.09. The van der Waals surface area contributed by atoms with E-state index in [0.717, 1.165) is 6.42 Å². The van der Waals surface area contributed by atoms with E-state index >= 15 is 0 Å². The molecule has 5 nitrogen and oxygen atoms in total. The zero-order valence-corrected chi connectivity index (χ0v) is 14.5. The molecule has 1 aromatic carbocycles. The van der Waals surface area contributed by atoms with Gasteiger partial charge in [0.1, 0.15) is 5.82 Å². The van der Waals surface area contributed by atoms with Crippen LogP contribution >= 0.6 is 0 Å². The Morgan fingerprint density at radius 3 is 2.62 bits per heavy atom. The molecule has 130 valence electrons. The van der Waals surface area contributed by atoms with Gasteiger partial charge in [-0.2, -0.15) is 0 Å². The molecule has 2 aliphatic heterocycles. The largest absolute Gasteiger partial charge is 0.337 e. The average Bonchev–Trinajstić information content (AvgIpc) is 3.13. The Bertz CT molecular complexity index is 662. The van der Waals surface area contributed by atoms with E-state index in [2.05, 4.69) is 11.8 Å². The minimum Gasteiger partial charge on any atom is -0.337 e. The minimum absolute atomic E-state index is 0.0301. The molecule has 0 spiro atoms. The van der Waals surface area contributed by atoms with Gasteiger partial charge in [-0.15, -0.1) is 0 Å². The first kappa shape index (κ1) is 16.9. The molecule has 0 bridgehead atoms. The first-order valence-electron chi connectivity index (χ1n) is 8.44. The van der Waals surface area contributed by atoms with Crippen molar-refractivity contribution in [3.05, 3.63) is 29.6 Å². The van der Waals surface area contributed by atoms with Crippen LogP contribution in [0.15, 0.2) is 18.2 Å². The second-order valence-corrected chi connectivity index (χ2v) is 7.03. The van der Waals surface area contributed by atoms with Gasteiger partial charge in [0.25, 0.3) is 5.91 Å². The molecule has 0 aliphatic carbocycles. The first-order valence-corrected chi connectivity index (χ1v) is 8.44. The van der Waals surface area contributed by atoms with Crippen molar-refractivity contribution in [1.82, 2.24) is 9.80 Å². The molecule has 2 aliphatic rings. The van der Waals surface area contributed by atoms with E-state index in [1.807, 2.05) is 14.1 Å². The molecule has 6 heteroatoms. The van der Waals surface area contributed by atoms with Crippen molar-refractivity contribution >= 4 is 17.5 Å². The molecule has 2 fully saturated rings. The lowest BCUT2D eigenvalue weighted by atomic mass is 10.1. The third-order valence-corrected chi connectivity index (χ3v) is 5.09. The zero-order valence-electron chi connectivity index (χ0n) is 14.5. The summed E-state index contributed by atoms with van der Waals surface area (Å²) in [5, 5.41) is 0. The van der Waals surface area contributed by atoms with E-state index in [9.17, 15) is 14.0 Å². The molecule has 0 saturated carbocycles. The summed E-state index contributed by atoms with van der Waals surface area (Å²) in [4.78, 5) is 30.1. The smallest absolute Gasteiger partial charge is 0.256 e. The second kappa shape index (κ2) is 6.51. The Morgan fingerprint density at radius 2 is 2.04 bits per heavy atom. The highest BCUT2D eigenvalue weighted by Crippen LogP contribution is 2.27. The maximum atomic E-state index is 14.2. The predicted molar refractivity (Wildman–Crippen MR) is 90.5 cm³/mol. The van der Waals surface area contributed by atoms with Gasteiger partial charge in [-0.3, -0.25) is 9.59 Å². The van der Waals surface area contributed by atoms with E-state index in [1.54, 1.807) is 15.9 Å². The van der Waals surface area contributed by atoms with Gasteiger partial charge in [0, 0.05) is 37.8 Å². The lowest BCUT2D eigenvalue weighted by Gasteiger charge is -2.22. The summed E-state index contributed by atoms with van der Waals surface area (Å²) in [6, 6.07) is 4.66. The van der Waals surface area contributed by atoms with Crippen molar-refractivity contribution in [3.8, 4) is 0 Å². The van der Waals surface area contributed by atoms with E-state index in [0.29, 0.717) is 37.7 Å². The molecule has 2 atom stereocenters. The number of rotatable bonds is 3. The second-order valence-electron chi connectivity index (χ2n) is 7.03. The number of halogens is 1. The normalized spacial score (nSPS) is 24.3. The van der Waals surface area contributed by atoms with Crippen LogP contribution in [-0.2, 0) is 4.79 Å². The number of likely N-dealkylation sites (N-methyl/N-ethyl adjacent to an activating group) is 1. The monoisotopic (exact) mass is 333 g/mol. The molecule has 1 aromatic rings. The minimum atomic E-state index is -0.531. The molecular weight excluding hydrogens is 309 g/mol. The Balaban J connectivity index is 1.83. The maximum Gasteiger partial charge on any atom is 0.256 e. The van der Waals surface area contributed by atoms with Gasteiger partial charge >= 0.3 is 0 Å². The third kappa shape index (κ3) is 3.02. The highest BCUT2D eigenvalue weighted by molar-refractivity contribution is 5.99. The Hall–Kier alpha value is -1.95. The lowest BCUT2D eigenvalue weighted by Crippen LogP contribution is -2.36. The van der Waals surface area contributed by atoms with Crippen molar-refractivity contribution in [2.45, 2.75) is 25.8 Å². The molecular formula is C18H24FN3O2. The van der Waals surface area contributed by atoms with Gasteiger partial charge in [0.05, 0.1) is 5.56 Å². The highest BCUT2D eigenvalue weighted by atomic mass is 19.1. The van der Waals surface area contributed by atoms with Crippen LogP contribution in [0.25, 0.3) is 0 Å². The average molecular weight is 333 g/mol. The number of carbonyl (C=O) groups excluding carboxylic acids is 2. The van der Waals surface area contributed by atoms with Gasteiger partial charge in [0.2, 0.25) is 5.91 Å². The molecule has 0 unspecified atom stereocenters. The highest BCUT2D eigenvalue weighted by Gasteiger charge is 2.35. The number of hydrogen-bond acceptors (Lipinski definition) is 3. The summed E-state index contributed by atoms with van der Waals surface area (Å²) in [6.07, 6.45) is 1.31. The Morgan fingerprint density at radius 1 is 1.29 bits per heavy atom. The number of likely N-dealkylation sites (tertiary alicyclic amines) is 1. The Kier molecular flexibility index (Phi) is 4.58. The maximum absolute atomic E-state index is 14.2. The van der Waals surface area contributed by atoms with Crippen molar-refractivity contribution < 1.29 is 14.0 Å². The number of nitrogens with zero attached hydrogens (tertiary/aromatic N) is 3. The molecule has 2 heterocycles. The van der Waals surface area contributed by atoms with Crippen molar-refractivity contribution in [2.75, 3.05) is 38.6 Å². The lowest BCUT2D eigenvalue weighted by molar-refractivity contribution is -0.117. The molecule has 2 saturated heterocycles. The molecule has 2 amide bonds. The summed E-state index contributed by atoms with van der Waals surface area (Å²) >= 11 is 0. The van der Waals surface area contributed by atoms with Crippen LogP contribution in [0.3, 0.4) is 0 Å². The summed E-state index contributed by atoms with van der Waals surface area (Å²) in [5.41, 5.74) is 0.664. The molecule has 3 rings (SSSR count). The van der Waals surface area contributed by atoms with Crippen LogP contribution in [0.5, 0.6) is 0 Å². The van der Waals surface area contributed by atoms with Gasteiger partial charge in [-0.25, -0.2) is 4.39 Å². The fourth-order valence-electron chi connectivity index (χ4n) is 3.72. The standard InChI is InChI=1S/C18H24FN3O2/c1-12-10-21(11-16(12)20(2)3)18(24)14-9-13(6-7-15(14)19)22-8-4-5-17(22)23/h6-7,9,12,16H,4-5,8,10-11H2,1-3H3/t12-,16-/m0/s1. The Labute approximate surface area is 142 Å². The molecule has 24 heavy (non-hydrogen) atoms. The summed E-state index contributed by atoms with van der Waals surface area (Å²) < 4.78 is 14.2. The van der Waals surface area contributed by atoms with Crippen LogP contribution in [0, 0.1) is 11.7 Å². The van der Waals surface area contributed by atoms with E-state index in [-0.39, 0.29) is 23.4 Å². The van der Waals surface area contributed by atoms with Gasteiger partial charge < -0.3 is 14.7 Å². The van der Waals surface area contributed by atoms with Crippen LogP contribution in [0.4, 0.5) is 10.1 Å². The number of anilines is 1. The fourth-order valence-corrected chi connectivity index (χ4v) is 3.72. The number of benzene rings is 1. The van der Waals surface area contributed by atoms with Crippen LogP contribution < -0.4 is 4.90 Å². The number of amides is 2. The van der Waals surface area contributed by atoms with E-state index in [1.165, 1.54) is 12.1 Å². The van der Waals surface area contributed by atoms with Crippen molar-refractivity contribution in [3.63, 3.8) is 0 Å². The van der Waals surface area contributed by atoms with Crippen LogP contribution in [-0.4, -0.2) is 61.4 Å². The van der Waals surface area contributed by atoms with E-state index < -0.39 is 5.82 Å². The SMILES string of the molecule is C[C@H]1CN(C(=O)c2cc(N3CCCC3=O)ccc2F)C[C@@H]1N(C)C. The predicted octanol–water partition coefficient (Wildman–Crippen LogP) is 1.97. The fraction of sp³-hybridized carbons (Fsp3) is 0.556. The number of carbonyl (C=O) groups is 2. The van der Waals surface area contributed by atoms with E-state index in [4.69, 9.17) is 0 Å². The number of hydrogen-bond donors (Lipinski definition) is 0. The summed E-state index contributed by atoms with van der Waals surface area (Å²) in [5.74, 6) is -0.452. The topological polar surface area (TPSA) is 43.9 Å². The first-order chi connectivity index (χ1) is 11.4. The van der Waals surface area contributed by atoms with Crippen molar-refractivity contribution in [2.24, 2.45) is 5.92 Å². The van der Waals surface area contributed by atoms with Gasteiger partial charge in [0.15, 0.2) is 0 Å². The zero-order chi connectivity index (χ0) is 17.4. The van der Waals surface area contributed by atoms with Gasteiger partial charge in [-0.1, -0.05) is 6.92 Å². The summed E-state index contributed by atoms with van der Waals surface area (Å²) in [7, 11) is 3.99. The quantitative estimate of drug-likeness (QED) is 0.849. The summed E-state index contributed by atoms with van der Waals surface area (Å²) in [6.45, 7) is 3.95. The van der Waals surface area contributed by atoms with Crippen LogP contribution in [0.1, 0.15) is 30.1 Å². The van der Waals surface area contributed by atoms with Gasteiger partial charge in [-0.05, 0) is 44.6 Å². The van der Waals surface area contributed by atoms with Crippen LogP contribution in [0.2, 0.25) is 0 Å². The molecule has 0 aromatic heterocycles.